The summed E-state index contributed by atoms with van der Waals surface area (Å²) in [6.07, 6.45) is -0.934. The van der Waals surface area contributed by atoms with Gasteiger partial charge < -0.3 is 14.6 Å². The first-order valence-corrected chi connectivity index (χ1v) is 7.57. The van der Waals surface area contributed by atoms with E-state index in [4.69, 9.17) is 32.7 Å². The highest BCUT2D eigenvalue weighted by Gasteiger charge is 2.22. The molecule has 0 aliphatic heterocycles. The fourth-order valence-corrected chi connectivity index (χ4v) is 3.00. The molecule has 21 heavy (non-hydrogen) atoms. The first-order chi connectivity index (χ1) is 9.99. The summed E-state index contributed by atoms with van der Waals surface area (Å²) in [5.41, 5.74) is 1.16. The highest BCUT2D eigenvalue weighted by molar-refractivity contribution is 9.10. The van der Waals surface area contributed by atoms with Crippen molar-refractivity contribution in [3.8, 4) is 11.5 Å². The lowest BCUT2D eigenvalue weighted by Crippen LogP contribution is -2.04. The van der Waals surface area contributed by atoms with Crippen molar-refractivity contribution in [3.05, 3.63) is 56.0 Å². The largest absolute Gasteiger partial charge is 0.495 e. The van der Waals surface area contributed by atoms with E-state index in [0.717, 1.165) is 4.47 Å². The van der Waals surface area contributed by atoms with Crippen LogP contribution < -0.4 is 9.47 Å². The number of aliphatic hydroxyl groups excluding tert-OH is 1. The standard InChI is InChI=1S/C15H13BrCl2O3/c1-20-12-6-4-9(15(21-2)13(12)18)14(19)10-7-8(17)3-5-11(10)16/h3-7,14,19H,1-2H3. The number of ether oxygens (including phenoxy) is 2. The molecule has 3 nitrogen and oxygen atoms in total. The van der Waals surface area contributed by atoms with Gasteiger partial charge in [0.2, 0.25) is 0 Å². The summed E-state index contributed by atoms with van der Waals surface area (Å²) in [6.45, 7) is 0. The maximum Gasteiger partial charge on any atom is 0.147 e. The number of hydrogen-bond donors (Lipinski definition) is 1. The summed E-state index contributed by atoms with van der Waals surface area (Å²) in [6, 6.07) is 8.59. The van der Waals surface area contributed by atoms with E-state index in [-0.39, 0.29) is 0 Å². The van der Waals surface area contributed by atoms with Crippen LogP contribution in [0.1, 0.15) is 17.2 Å². The van der Waals surface area contributed by atoms with Crippen LogP contribution in [0.3, 0.4) is 0 Å². The molecular weight excluding hydrogens is 379 g/mol. The van der Waals surface area contributed by atoms with Crippen LogP contribution in [0.4, 0.5) is 0 Å². The molecule has 0 saturated carbocycles. The normalized spacial score (nSPS) is 12.1. The zero-order valence-electron chi connectivity index (χ0n) is 11.4. The Hall–Kier alpha value is -0.940. The first kappa shape index (κ1) is 16.4. The van der Waals surface area contributed by atoms with Crippen LogP contribution in [-0.4, -0.2) is 19.3 Å². The van der Waals surface area contributed by atoms with Gasteiger partial charge in [0.05, 0.1) is 14.2 Å². The monoisotopic (exact) mass is 390 g/mol. The van der Waals surface area contributed by atoms with Crippen LogP contribution in [0.2, 0.25) is 10.0 Å². The highest BCUT2D eigenvalue weighted by atomic mass is 79.9. The quantitative estimate of drug-likeness (QED) is 0.809. The third-order valence-electron chi connectivity index (χ3n) is 3.06. The molecule has 2 rings (SSSR count). The molecule has 1 atom stereocenters. The first-order valence-electron chi connectivity index (χ1n) is 6.03. The van der Waals surface area contributed by atoms with Crippen molar-refractivity contribution in [2.24, 2.45) is 0 Å². The van der Waals surface area contributed by atoms with Gasteiger partial charge in [0.1, 0.15) is 22.6 Å². The predicted molar refractivity (Wildman–Crippen MR) is 87.8 cm³/mol. The van der Waals surface area contributed by atoms with Crippen LogP contribution in [0.25, 0.3) is 0 Å². The van der Waals surface area contributed by atoms with Crippen molar-refractivity contribution in [1.82, 2.24) is 0 Å². The van der Waals surface area contributed by atoms with Crippen molar-refractivity contribution in [2.75, 3.05) is 14.2 Å². The summed E-state index contributed by atoms with van der Waals surface area (Å²) >= 11 is 15.6. The lowest BCUT2D eigenvalue weighted by Gasteiger charge is -2.19. The molecule has 0 aliphatic rings. The Balaban J connectivity index is 2.55. The van der Waals surface area contributed by atoms with Crippen LogP contribution in [0, 0.1) is 0 Å². The molecule has 0 fully saturated rings. The van der Waals surface area contributed by atoms with E-state index in [2.05, 4.69) is 15.9 Å². The lowest BCUT2D eigenvalue weighted by atomic mass is 10.0. The second-order valence-electron chi connectivity index (χ2n) is 4.27. The van der Waals surface area contributed by atoms with Crippen LogP contribution in [0.5, 0.6) is 11.5 Å². The minimum Gasteiger partial charge on any atom is -0.495 e. The Morgan fingerprint density at radius 1 is 1.05 bits per heavy atom. The van der Waals surface area contributed by atoms with Gasteiger partial charge >= 0.3 is 0 Å². The molecule has 6 heteroatoms. The molecule has 0 radical (unpaired) electrons. The van der Waals surface area contributed by atoms with Crippen molar-refractivity contribution < 1.29 is 14.6 Å². The molecule has 2 aromatic carbocycles. The van der Waals surface area contributed by atoms with Crippen LogP contribution in [-0.2, 0) is 0 Å². The Labute approximate surface area is 141 Å². The Bertz CT molecular complexity index is 662. The van der Waals surface area contributed by atoms with Crippen molar-refractivity contribution in [2.45, 2.75) is 6.10 Å². The fourth-order valence-electron chi connectivity index (χ4n) is 2.03. The van der Waals surface area contributed by atoms with Gasteiger partial charge in [0, 0.05) is 20.6 Å². The van der Waals surface area contributed by atoms with Gasteiger partial charge in [-0.15, -0.1) is 0 Å². The summed E-state index contributed by atoms with van der Waals surface area (Å²) < 4.78 is 11.2. The maximum absolute atomic E-state index is 10.6. The topological polar surface area (TPSA) is 38.7 Å². The fraction of sp³-hybridized carbons (Fsp3) is 0.200. The molecule has 0 saturated heterocycles. The van der Waals surface area contributed by atoms with Crippen molar-refractivity contribution in [3.63, 3.8) is 0 Å². The molecular formula is C15H13BrCl2O3. The zero-order chi connectivity index (χ0) is 15.6. The third-order valence-corrected chi connectivity index (χ3v) is 4.38. The van der Waals surface area contributed by atoms with Gasteiger partial charge in [-0.2, -0.15) is 0 Å². The molecule has 0 bridgehead atoms. The summed E-state index contributed by atoms with van der Waals surface area (Å²) in [5.74, 6) is 0.852. The Kier molecular flexibility index (Phi) is 5.38. The molecule has 0 heterocycles. The number of hydrogen-bond acceptors (Lipinski definition) is 3. The van der Waals surface area contributed by atoms with Crippen molar-refractivity contribution >= 4 is 39.1 Å². The average Bonchev–Trinajstić information content (AvgIpc) is 2.48. The molecule has 1 N–H and O–H groups in total. The minimum absolute atomic E-state index is 0.315. The van der Waals surface area contributed by atoms with Crippen molar-refractivity contribution in [1.29, 1.82) is 0 Å². The molecule has 1 unspecified atom stereocenters. The summed E-state index contributed by atoms with van der Waals surface area (Å²) in [4.78, 5) is 0. The molecule has 2 aromatic rings. The van der Waals surface area contributed by atoms with Gasteiger partial charge in [-0.05, 0) is 30.3 Å². The second kappa shape index (κ2) is 6.88. The lowest BCUT2D eigenvalue weighted by molar-refractivity contribution is 0.214. The minimum atomic E-state index is -0.934. The SMILES string of the molecule is COc1ccc(C(O)c2cc(Cl)ccc2Br)c(OC)c1Cl. The zero-order valence-corrected chi connectivity index (χ0v) is 14.5. The number of halogens is 3. The van der Waals surface area contributed by atoms with Gasteiger partial charge in [-0.3, -0.25) is 0 Å². The van der Waals surface area contributed by atoms with Gasteiger partial charge in [0.15, 0.2) is 0 Å². The predicted octanol–water partition coefficient (Wildman–Crippen LogP) is 4.85. The van der Waals surface area contributed by atoms with Crippen LogP contribution >= 0.6 is 39.1 Å². The Morgan fingerprint density at radius 3 is 2.38 bits per heavy atom. The smallest absolute Gasteiger partial charge is 0.147 e. The number of aliphatic hydroxyl groups is 1. The van der Waals surface area contributed by atoms with E-state index in [1.54, 1.807) is 30.3 Å². The summed E-state index contributed by atoms with van der Waals surface area (Å²) in [7, 11) is 3.01. The molecule has 0 amide bonds. The average molecular weight is 392 g/mol. The maximum atomic E-state index is 10.6. The number of methoxy groups -OCH3 is 2. The van der Waals surface area contributed by atoms with E-state index in [0.29, 0.717) is 32.7 Å². The van der Waals surface area contributed by atoms with E-state index in [1.807, 2.05) is 0 Å². The van der Waals surface area contributed by atoms with E-state index in [9.17, 15) is 5.11 Å². The third kappa shape index (κ3) is 3.29. The molecule has 0 aliphatic carbocycles. The number of benzene rings is 2. The molecule has 112 valence electrons. The highest BCUT2D eigenvalue weighted by Crippen LogP contribution is 2.42. The Morgan fingerprint density at radius 2 is 1.76 bits per heavy atom. The summed E-state index contributed by atoms with van der Waals surface area (Å²) in [5, 5.41) is 11.5. The van der Waals surface area contributed by atoms with E-state index >= 15 is 0 Å². The van der Waals surface area contributed by atoms with Gasteiger partial charge in [-0.1, -0.05) is 39.1 Å². The van der Waals surface area contributed by atoms with E-state index < -0.39 is 6.10 Å². The molecule has 0 spiro atoms. The van der Waals surface area contributed by atoms with E-state index in [1.165, 1.54) is 14.2 Å². The molecule has 0 aromatic heterocycles. The van der Waals surface area contributed by atoms with Gasteiger partial charge in [0.25, 0.3) is 0 Å². The number of rotatable bonds is 4. The van der Waals surface area contributed by atoms with Crippen LogP contribution in [0.15, 0.2) is 34.8 Å². The van der Waals surface area contributed by atoms with Gasteiger partial charge in [-0.25, -0.2) is 0 Å². The second-order valence-corrected chi connectivity index (χ2v) is 5.94.